The highest BCUT2D eigenvalue weighted by atomic mass is 35.5. The maximum Gasteiger partial charge on any atom is 0.159 e. The van der Waals surface area contributed by atoms with E-state index in [0.29, 0.717) is 5.02 Å². The zero-order valence-corrected chi connectivity index (χ0v) is 13.4. The molecule has 1 aromatic carbocycles. The summed E-state index contributed by atoms with van der Waals surface area (Å²) in [4.78, 5) is 4.80. The second kappa shape index (κ2) is 7.70. The number of halogens is 2. The number of benzene rings is 1. The summed E-state index contributed by atoms with van der Waals surface area (Å²) in [6.07, 6.45) is 0.917. The van der Waals surface area contributed by atoms with Crippen LogP contribution in [0.15, 0.2) is 18.2 Å². The molecule has 2 heterocycles. The van der Waals surface area contributed by atoms with Gasteiger partial charge in [0.25, 0.3) is 0 Å². The van der Waals surface area contributed by atoms with E-state index in [1.54, 1.807) is 6.07 Å². The molecule has 4 nitrogen and oxygen atoms in total. The van der Waals surface area contributed by atoms with E-state index in [9.17, 15) is 4.39 Å². The molecule has 3 rings (SSSR count). The highest BCUT2D eigenvalue weighted by molar-refractivity contribution is 6.31. The van der Waals surface area contributed by atoms with Gasteiger partial charge < -0.3 is 14.4 Å². The van der Waals surface area contributed by atoms with Crippen molar-refractivity contribution < 1.29 is 13.9 Å². The maximum atomic E-state index is 13.1. The molecule has 0 spiro atoms. The number of piperazine rings is 1. The van der Waals surface area contributed by atoms with E-state index in [4.69, 9.17) is 21.1 Å². The monoisotopic (exact) mass is 328 g/mol. The largest absolute Gasteiger partial charge is 0.350 e. The fraction of sp³-hybridized carbons (Fsp3) is 0.625. The highest BCUT2D eigenvalue weighted by Gasteiger charge is 2.21. The smallest absolute Gasteiger partial charge is 0.159 e. The second-order valence-electron chi connectivity index (χ2n) is 5.81. The molecule has 122 valence electrons. The van der Waals surface area contributed by atoms with Crippen LogP contribution < -0.4 is 0 Å². The minimum absolute atomic E-state index is 0.0175. The van der Waals surface area contributed by atoms with Crippen molar-refractivity contribution in [2.75, 3.05) is 45.9 Å². The van der Waals surface area contributed by atoms with Gasteiger partial charge in [-0.05, 0) is 17.7 Å². The van der Waals surface area contributed by atoms with Crippen LogP contribution in [0.3, 0.4) is 0 Å². The molecule has 2 aliphatic rings. The molecule has 0 N–H and O–H groups in total. The van der Waals surface area contributed by atoms with Crippen molar-refractivity contribution in [1.29, 1.82) is 0 Å². The number of hydrogen-bond acceptors (Lipinski definition) is 4. The highest BCUT2D eigenvalue weighted by Crippen LogP contribution is 2.20. The molecule has 0 aromatic heterocycles. The summed E-state index contributed by atoms with van der Waals surface area (Å²) in [5.41, 5.74) is 0.990. The molecule has 0 unspecified atom stereocenters. The fourth-order valence-electron chi connectivity index (χ4n) is 2.92. The van der Waals surface area contributed by atoms with Crippen LogP contribution in [0.4, 0.5) is 4.39 Å². The first-order valence-corrected chi connectivity index (χ1v) is 8.20. The van der Waals surface area contributed by atoms with Crippen LogP contribution in [0.1, 0.15) is 12.0 Å². The summed E-state index contributed by atoms with van der Waals surface area (Å²) in [5.74, 6) is -0.282. The molecule has 0 atom stereocenters. The second-order valence-corrected chi connectivity index (χ2v) is 6.22. The number of rotatable bonds is 5. The molecule has 22 heavy (non-hydrogen) atoms. The van der Waals surface area contributed by atoms with E-state index in [0.717, 1.165) is 64.5 Å². The Hall–Kier alpha value is -0.720. The van der Waals surface area contributed by atoms with Gasteiger partial charge in [-0.3, -0.25) is 4.90 Å². The Bertz CT molecular complexity index is 489. The lowest BCUT2D eigenvalue weighted by atomic mass is 10.2. The van der Waals surface area contributed by atoms with Crippen LogP contribution in [0, 0.1) is 5.82 Å². The van der Waals surface area contributed by atoms with Crippen LogP contribution in [0.5, 0.6) is 0 Å². The van der Waals surface area contributed by atoms with E-state index in [1.165, 1.54) is 12.1 Å². The van der Waals surface area contributed by atoms with E-state index < -0.39 is 0 Å². The van der Waals surface area contributed by atoms with Crippen molar-refractivity contribution >= 4 is 11.6 Å². The minimum atomic E-state index is -0.282. The van der Waals surface area contributed by atoms with Crippen LogP contribution in [0.25, 0.3) is 0 Å². The average Bonchev–Trinajstić information content (AvgIpc) is 3.03. The van der Waals surface area contributed by atoms with Crippen molar-refractivity contribution in [1.82, 2.24) is 9.80 Å². The van der Waals surface area contributed by atoms with Gasteiger partial charge in [-0.25, -0.2) is 4.39 Å². The van der Waals surface area contributed by atoms with E-state index in [2.05, 4.69) is 9.80 Å². The first-order valence-electron chi connectivity index (χ1n) is 7.82. The van der Waals surface area contributed by atoms with E-state index in [-0.39, 0.29) is 12.1 Å². The molecule has 2 aliphatic heterocycles. The van der Waals surface area contributed by atoms with E-state index in [1.807, 2.05) is 0 Å². The van der Waals surface area contributed by atoms with Crippen LogP contribution in [-0.4, -0.2) is 62.0 Å². The molecule has 0 amide bonds. The molecule has 2 fully saturated rings. The molecule has 6 heteroatoms. The van der Waals surface area contributed by atoms with Gasteiger partial charge in [0.1, 0.15) is 5.82 Å². The van der Waals surface area contributed by atoms with Crippen molar-refractivity contribution in [3.63, 3.8) is 0 Å². The lowest BCUT2D eigenvalue weighted by Gasteiger charge is -2.35. The van der Waals surface area contributed by atoms with Crippen LogP contribution >= 0.6 is 11.6 Å². The Morgan fingerprint density at radius 2 is 1.77 bits per heavy atom. The molecular formula is C16H22ClFN2O2. The lowest BCUT2D eigenvalue weighted by molar-refractivity contribution is -0.0533. The van der Waals surface area contributed by atoms with Gasteiger partial charge >= 0.3 is 0 Å². The van der Waals surface area contributed by atoms with Crippen molar-refractivity contribution in [3.8, 4) is 0 Å². The predicted molar refractivity (Wildman–Crippen MR) is 83.4 cm³/mol. The first kappa shape index (κ1) is 16.1. The fourth-order valence-corrected chi connectivity index (χ4v) is 3.15. The van der Waals surface area contributed by atoms with Gasteiger partial charge in [-0.1, -0.05) is 17.7 Å². The van der Waals surface area contributed by atoms with Crippen molar-refractivity contribution in [2.45, 2.75) is 19.3 Å². The normalized spacial score (nSPS) is 21.5. The Kier molecular flexibility index (Phi) is 5.66. The Morgan fingerprint density at radius 1 is 1.09 bits per heavy atom. The summed E-state index contributed by atoms with van der Waals surface area (Å²) in [6.45, 7) is 7.29. The van der Waals surface area contributed by atoms with Gasteiger partial charge in [0.2, 0.25) is 0 Å². The van der Waals surface area contributed by atoms with Crippen LogP contribution in [-0.2, 0) is 16.0 Å². The molecule has 0 bridgehead atoms. The number of ether oxygens (including phenoxy) is 2. The summed E-state index contributed by atoms with van der Waals surface area (Å²) in [5, 5.41) is 0.512. The molecule has 1 aromatic rings. The lowest BCUT2D eigenvalue weighted by Crippen LogP contribution is -2.46. The van der Waals surface area contributed by atoms with Crippen LogP contribution in [0.2, 0.25) is 5.02 Å². The molecular weight excluding hydrogens is 307 g/mol. The summed E-state index contributed by atoms with van der Waals surface area (Å²) < 4.78 is 24.0. The average molecular weight is 329 g/mol. The van der Waals surface area contributed by atoms with Gasteiger partial charge in [-0.2, -0.15) is 0 Å². The van der Waals surface area contributed by atoms with Crippen molar-refractivity contribution in [3.05, 3.63) is 34.6 Å². The Balaban J connectivity index is 1.41. The first-order chi connectivity index (χ1) is 10.7. The quantitative estimate of drug-likeness (QED) is 0.828. The molecule has 0 radical (unpaired) electrons. The molecule has 0 aliphatic carbocycles. The summed E-state index contributed by atoms with van der Waals surface area (Å²) >= 11 is 6.09. The number of hydrogen-bond donors (Lipinski definition) is 0. The van der Waals surface area contributed by atoms with Gasteiger partial charge in [-0.15, -0.1) is 0 Å². The topological polar surface area (TPSA) is 24.9 Å². The molecule has 2 saturated heterocycles. The number of nitrogens with zero attached hydrogens (tertiary/aromatic N) is 2. The zero-order valence-electron chi connectivity index (χ0n) is 12.6. The minimum Gasteiger partial charge on any atom is -0.350 e. The predicted octanol–water partition coefficient (Wildman–Crippen LogP) is 2.36. The Labute approximate surface area is 135 Å². The van der Waals surface area contributed by atoms with Gasteiger partial charge in [0.15, 0.2) is 6.29 Å². The third-order valence-electron chi connectivity index (χ3n) is 4.25. The zero-order chi connectivity index (χ0) is 15.4. The van der Waals surface area contributed by atoms with Crippen molar-refractivity contribution in [2.24, 2.45) is 0 Å². The summed E-state index contributed by atoms with van der Waals surface area (Å²) in [6, 6.07) is 4.63. The third kappa shape index (κ3) is 4.40. The SMILES string of the molecule is Fc1ccc(CN2CCN(CCC3OCCO3)CC2)c(Cl)c1. The van der Waals surface area contributed by atoms with E-state index >= 15 is 0 Å². The van der Waals surface area contributed by atoms with Gasteiger partial charge in [0, 0.05) is 50.7 Å². The van der Waals surface area contributed by atoms with Gasteiger partial charge in [0.05, 0.1) is 13.2 Å². The third-order valence-corrected chi connectivity index (χ3v) is 4.60. The maximum absolute atomic E-state index is 13.1. The Morgan fingerprint density at radius 3 is 2.45 bits per heavy atom. The standard InChI is InChI=1S/C16H22ClFN2O2/c17-15-11-14(18)2-1-13(15)12-20-7-5-19(6-8-20)4-3-16-21-9-10-22-16/h1-2,11,16H,3-10,12H2. The summed E-state index contributed by atoms with van der Waals surface area (Å²) in [7, 11) is 0. The molecule has 0 saturated carbocycles.